The van der Waals surface area contributed by atoms with Crippen molar-refractivity contribution >= 4 is 43.9 Å². The number of fused-ring (bicyclic) bond motifs is 5. The van der Waals surface area contributed by atoms with Gasteiger partial charge in [-0.1, -0.05) is 42.0 Å². The summed E-state index contributed by atoms with van der Waals surface area (Å²) in [5.74, 6) is 0.670. The molecule has 4 heteroatoms. The maximum Gasteiger partial charge on any atom is 0.149 e. The van der Waals surface area contributed by atoms with Crippen molar-refractivity contribution in [3.8, 4) is 17.1 Å². The first-order valence-corrected chi connectivity index (χ1v) is 10.4. The number of aryl methyl sites for hydroxylation is 1. The van der Waals surface area contributed by atoms with E-state index in [9.17, 15) is 0 Å². The van der Waals surface area contributed by atoms with Gasteiger partial charge in [-0.25, -0.2) is 4.98 Å². The summed E-state index contributed by atoms with van der Waals surface area (Å²) in [4.78, 5) is 4.93. The number of benzene rings is 4. The van der Waals surface area contributed by atoms with E-state index in [0.717, 1.165) is 44.2 Å². The zero-order valence-corrected chi connectivity index (χ0v) is 16.9. The monoisotopic (exact) mass is 417 g/mol. The quantitative estimate of drug-likeness (QED) is 0.290. The molecule has 3 aromatic heterocycles. The Balaban J connectivity index is 1.51. The molecule has 152 valence electrons. The topological polar surface area (TPSA) is 44.1 Å². The second-order valence-electron chi connectivity index (χ2n) is 7.90. The van der Waals surface area contributed by atoms with Gasteiger partial charge in [-0.15, -0.1) is 0 Å². The highest BCUT2D eigenvalue weighted by Crippen LogP contribution is 2.36. The lowest BCUT2D eigenvalue weighted by atomic mass is 10.1. The molecule has 4 aromatic carbocycles. The van der Waals surface area contributed by atoms with Gasteiger partial charge in [0.15, 0.2) is 0 Å². The zero-order chi connectivity index (χ0) is 23.7. The lowest BCUT2D eigenvalue weighted by Crippen LogP contribution is -1.97. The van der Waals surface area contributed by atoms with E-state index in [0.29, 0.717) is 16.8 Å². The van der Waals surface area contributed by atoms with Gasteiger partial charge in [-0.2, -0.15) is 0 Å². The molecule has 7 rings (SSSR count). The molecular weight excluding hydrogens is 396 g/mol. The van der Waals surface area contributed by atoms with Crippen molar-refractivity contribution in [3.05, 3.63) is 96.8 Å². The molecule has 0 radical (unpaired) electrons. The Labute approximate surface area is 187 Å². The minimum atomic E-state index is -2.21. The fraction of sp³-hybridized carbons (Fsp3) is 0.0357. The molecule has 0 aliphatic heterocycles. The molecule has 0 aliphatic rings. The Hall–Kier alpha value is -4.31. The fourth-order valence-electron chi connectivity index (χ4n) is 4.52. The van der Waals surface area contributed by atoms with Crippen molar-refractivity contribution in [1.29, 1.82) is 0 Å². The molecule has 0 saturated carbocycles. The molecule has 0 bridgehead atoms. The highest BCUT2D eigenvalue weighted by molar-refractivity contribution is 6.05. The Kier molecular flexibility index (Phi) is 2.91. The minimum Gasteiger partial charge on any atom is -0.464 e. The molecule has 0 N–H and O–H groups in total. The van der Waals surface area contributed by atoms with Crippen LogP contribution in [0.4, 0.5) is 0 Å². The average Bonchev–Trinajstić information content (AvgIpc) is 3.55. The lowest BCUT2D eigenvalue weighted by Gasteiger charge is -2.09. The van der Waals surface area contributed by atoms with Gasteiger partial charge in [0.05, 0.1) is 22.3 Å². The fourth-order valence-corrected chi connectivity index (χ4v) is 4.52. The van der Waals surface area contributed by atoms with E-state index in [1.165, 1.54) is 0 Å². The highest BCUT2D eigenvalue weighted by atomic mass is 16.3. The predicted octanol–water partition coefficient (Wildman–Crippen LogP) is 7.65. The van der Waals surface area contributed by atoms with Gasteiger partial charge in [0.1, 0.15) is 28.8 Å². The Morgan fingerprint density at radius 2 is 1.66 bits per heavy atom. The maximum atomic E-state index is 7.84. The van der Waals surface area contributed by atoms with Crippen LogP contribution in [0.1, 0.15) is 9.68 Å². The number of aromatic nitrogens is 2. The number of imidazole rings is 1. The molecular formula is C28H18N2O2. The van der Waals surface area contributed by atoms with Crippen molar-refractivity contribution in [2.24, 2.45) is 0 Å². The summed E-state index contributed by atoms with van der Waals surface area (Å²) in [6, 6.07) is 27.0. The molecule has 0 spiro atoms. The summed E-state index contributed by atoms with van der Waals surface area (Å²) in [7, 11) is 0. The van der Waals surface area contributed by atoms with E-state index < -0.39 is 6.85 Å². The number of furan rings is 2. The zero-order valence-electron chi connectivity index (χ0n) is 19.9. The van der Waals surface area contributed by atoms with Gasteiger partial charge in [0.25, 0.3) is 0 Å². The van der Waals surface area contributed by atoms with E-state index in [4.69, 9.17) is 17.9 Å². The third-order valence-corrected chi connectivity index (χ3v) is 6.00. The van der Waals surface area contributed by atoms with Crippen LogP contribution in [0.3, 0.4) is 0 Å². The van der Waals surface area contributed by atoms with Crippen LogP contribution >= 0.6 is 0 Å². The van der Waals surface area contributed by atoms with Crippen molar-refractivity contribution in [2.45, 2.75) is 6.85 Å². The van der Waals surface area contributed by atoms with E-state index in [1.54, 1.807) is 24.5 Å². The van der Waals surface area contributed by atoms with Crippen molar-refractivity contribution in [1.82, 2.24) is 9.55 Å². The molecule has 7 aromatic rings. The highest BCUT2D eigenvalue weighted by Gasteiger charge is 2.19. The summed E-state index contributed by atoms with van der Waals surface area (Å²) in [5, 5.41) is 2.83. The van der Waals surface area contributed by atoms with Crippen LogP contribution in [-0.4, -0.2) is 9.55 Å². The average molecular weight is 417 g/mol. The van der Waals surface area contributed by atoms with Gasteiger partial charge in [-0.05, 0) is 49.3 Å². The second kappa shape index (κ2) is 6.34. The maximum absolute atomic E-state index is 7.84. The predicted molar refractivity (Wildman–Crippen MR) is 128 cm³/mol. The van der Waals surface area contributed by atoms with Crippen LogP contribution in [0.25, 0.3) is 61.0 Å². The van der Waals surface area contributed by atoms with Crippen molar-refractivity contribution < 1.29 is 12.9 Å². The first-order valence-electron chi connectivity index (χ1n) is 11.9. The van der Waals surface area contributed by atoms with Crippen LogP contribution in [0, 0.1) is 6.85 Å². The Morgan fingerprint density at radius 3 is 2.62 bits per heavy atom. The Bertz CT molecular complexity index is 1910. The standard InChI is InChI=1S/C28H18N2O2/c1-17-10-13-25-21(14-17)22(16-31-25)28-29-23-7-3-4-8-24(23)30(28)18-11-12-20-19-6-2-5-9-26(19)32-27(20)15-18/h2-16H,1H3/i1D3. The van der Waals surface area contributed by atoms with Crippen LogP contribution in [-0.2, 0) is 0 Å². The minimum absolute atomic E-state index is 0.263. The first-order chi connectivity index (χ1) is 17.0. The van der Waals surface area contributed by atoms with Gasteiger partial charge in [0.2, 0.25) is 0 Å². The normalized spacial score (nSPS) is 13.7. The first kappa shape index (κ1) is 14.7. The third-order valence-electron chi connectivity index (χ3n) is 6.00. The smallest absolute Gasteiger partial charge is 0.149 e. The van der Waals surface area contributed by atoms with E-state index in [-0.39, 0.29) is 5.56 Å². The molecule has 0 unspecified atom stereocenters. The van der Waals surface area contributed by atoms with E-state index >= 15 is 0 Å². The Morgan fingerprint density at radius 1 is 0.781 bits per heavy atom. The van der Waals surface area contributed by atoms with Gasteiger partial charge < -0.3 is 8.83 Å². The van der Waals surface area contributed by atoms with Crippen LogP contribution in [0.2, 0.25) is 0 Å². The molecule has 32 heavy (non-hydrogen) atoms. The molecule has 0 atom stereocenters. The second-order valence-corrected chi connectivity index (χ2v) is 7.90. The summed E-state index contributed by atoms with van der Waals surface area (Å²) in [5.41, 5.74) is 5.88. The SMILES string of the molecule is [2H]C([2H])([2H])c1ccc2occ(-c3nc4ccccc4n3-c3ccc4c(c3)oc3ccccc34)c2c1. The summed E-state index contributed by atoms with van der Waals surface area (Å²) >= 11 is 0. The lowest BCUT2D eigenvalue weighted by molar-refractivity contribution is 0.616. The summed E-state index contributed by atoms with van der Waals surface area (Å²) in [6.07, 6.45) is 1.64. The van der Waals surface area contributed by atoms with Crippen molar-refractivity contribution in [2.75, 3.05) is 0 Å². The molecule has 0 aliphatic carbocycles. The van der Waals surface area contributed by atoms with Gasteiger partial charge in [0, 0.05) is 26.3 Å². The van der Waals surface area contributed by atoms with Crippen molar-refractivity contribution in [3.63, 3.8) is 0 Å². The number of hydrogen-bond acceptors (Lipinski definition) is 3. The molecule has 3 heterocycles. The largest absolute Gasteiger partial charge is 0.464 e. The number of para-hydroxylation sites is 3. The van der Waals surface area contributed by atoms with E-state index in [1.807, 2.05) is 48.5 Å². The molecule has 4 nitrogen and oxygen atoms in total. The molecule has 0 amide bonds. The van der Waals surface area contributed by atoms with E-state index in [2.05, 4.69) is 22.8 Å². The van der Waals surface area contributed by atoms with Crippen LogP contribution in [0.5, 0.6) is 0 Å². The molecule has 0 saturated heterocycles. The van der Waals surface area contributed by atoms with Gasteiger partial charge >= 0.3 is 0 Å². The third kappa shape index (κ3) is 2.41. The molecule has 0 fully saturated rings. The summed E-state index contributed by atoms with van der Waals surface area (Å²) < 4.78 is 37.5. The number of rotatable bonds is 2. The van der Waals surface area contributed by atoms with Gasteiger partial charge in [-0.3, -0.25) is 4.57 Å². The summed E-state index contributed by atoms with van der Waals surface area (Å²) in [6.45, 7) is -2.21. The van der Waals surface area contributed by atoms with Crippen LogP contribution in [0.15, 0.2) is 100 Å². The number of nitrogens with zero attached hydrogens (tertiary/aromatic N) is 2. The number of hydrogen-bond donors (Lipinski definition) is 0. The van der Waals surface area contributed by atoms with Crippen LogP contribution < -0.4 is 0 Å².